The summed E-state index contributed by atoms with van der Waals surface area (Å²) in [5.74, 6) is 0.0313. The topological polar surface area (TPSA) is 75.3 Å². The monoisotopic (exact) mass is 400 g/mol. The Morgan fingerprint density at radius 2 is 1.54 bits per heavy atom. The molecule has 150 valence electrons. The van der Waals surface area contributed by atoms with E-state index in [-0.39, 0.29) is 11.9 Å². The molecule has 2 aromatic rings. The third-order valence-electron chi connectivity index (χ3n) is 5.13. The average molecular weight is 401 g/mol. The fourth-order valence-electron chi connectivity index (χ4n) is 3.50. The summed E-state index contributed by atoms with van der Waals surface area (Å²) in [6, 6.07) is 16.9. The molecule has 0 saturated heterocycles. The first-order valence-electron chi connectivity index (χ1n) is 9.95. The van der Waals surface area contributed by atoms with Gasteiger partial charge in [0.05, 0.1) is 4.90 Å². The molecule has 2 aromatic carbocycles. The van der Waals surface area contributed by atoms with E-state index in [1.54, 1.807) is 12.1 Å². The van der Waals surface area contributed by atoms with Crippen molar-refractivity contribution in [2.45, 2.75) is 55.9 Å². The Morgan fingerprint density at radius 1 is 0.893 bits per heavy atom. The maximum Gasteiger partial charge on any atom is 0.240 e. The van der Waals surface area contributed by atoms with Gasteiger partial charge in [-0.1, -0.05) is 55.3 Å². The van der Waals surface area contributed by atoms with E-state index in [1.807, 2.05) is 42.5 Å². The van der Waals surface area contributed by atoms with Crippen LogP contribution in [-0.4, -0.2) is 26.9 Å². The van der Waals surface area contributed by atoms with Crippen LogP contribution in [-0.2, 0) is 27.7 Å². The van der Waals surface area contributed by atoms with Gasteiger partial charge in [0.1, 0.15) is 0 Å². The predicted octanol–water partition coefficient (Wildman–Crippen LogP) is 3.20. The van der Waals surface area contributed by atoms with Gasteiger partial charge in [0.15, 0.2) is 0 Å². The molecule has 1 aliphatic carbocycles. The molecular weight excluding hydrogens is 372 g/mol. The Balaban J connectivity index is 1.42. The van der Waals surface area contributed by atoms with Gasteiger partial charge in [-0.15, -0.1) is 0 Å². The van der Waals surface area contributed by atoms with Gasteiger partial charge in [-0.2, -0.15) is 0 Å². The normalized spacial score (nSPS) is 14.9. The van der Waals surface area contributed by atoms with Crippen LogP contribution in [0.1, 0.15) is 43.2 Å². The van der Waals surface area contributed by atoms with Crippen molar-refractivity contribution in [1.29, 1.82) is 0 Å². The molecule has 1 fully saturated rings. The maximum atomic E-state index is 12.4. The minimum Gasteiger partial charge on any atom is -0.356 e. The molecule has 1 amide bonds. The molecule has 1 saturated carbocycles. The van der Waals surface area contributed by atoms with Gasteiger partial charge in [-0.05, 0) is 48.9 Å². The molecule has 2 N–H and O–H groups in total. The molecule has 0 heterocycles. The van der Waals surface area contributed by atoms with Crippen molar-refractivity contribution in [1.82, 2.24) is 10.0 Å². The molecule has 3 rings (SSSR count). The summed E-state index contributed by atoms with van der Waals surface area (Å²) in [4.78, 5) is 12.3. The van der Waals surface area contributed by atoms with Gasteiger partial charge < -0.3 is 5.32 Å². The van der Waals surface area contributed by atoms with E-state index < -0.39 is 10.0 Å². The highest BCUT2D eigenvalue weighted by Gasteiger charge is 2.22. The first-order chi connectivity index (χ1) is 13.5. The standard InChI is InChI=1S/C22H28N2O3S/c25-22(15-12-18-6-2-1-3-7-18)23-17-16-19-10-13-21(14-11-19)28(26,27)24-20-8-4-5-9-20/h1-3,6-7,10-11,13-14,20,24H,4-5,8-9,12,15-17H2,(H,23,25). The van der Waals surface area contributed by atoms with Crippen molar-refractivity contribution in [2.24, 2.45) is 0 Å². The maximum absolute atomic E-state index is 12.4. The Labute approximate surface area is 167 Å². The molecule has 6 heteroatoms. The van der Waals surface area contributed by atoms with Gasteiger partial charge in [-0.3, -0.25) is 4.79 Å². The lowest BCUT2D eigenvalue weighted by Gasteiger charge is -2.13. The van der Waals surface area contributed by atoms with Gasteiger partial charge in [0.25, 0.3) is 0 Å². The predicted molar refractivity (Wildman–Crippen MR) is 110 cm³/mol. The van der Waals surface area contributed by atoms with Gasteiger partial charge in [0, 0.05) is 19.0 Å². The summed E-state index contributed by atoms with van der Waals surface area (Å²) in [5.41, 5.74) is 2.16. The SMILES string of the molecule is O=C(CCc1ccccc1)NCCc1ccc(S(=O)(=O)NC2CCCC2)cc1. The minimum absolute atomic E-state index is 0.0313. The third-order valence-corrected chi connectivity index (χ3v) is 6.67. The van der Waals surface area contributed by atoms with Crippen LogP contribution >= 0.6 is 0 Å². The lowest BCUT2D eigenvalue weighted by Crippen LogP contribution is -2.32. The smallest absolute Gasteiger partial charge is 0.240 e. The first kappa shape index (κ1) is 20.6. The molecule has 0 bridgehead atoms. The van der Waals surface area contributed by atoms with Gasteiger partial charge in [0.2, 0.25) is 15.9 Å². The van der Waals surface area contributed by atoms with E-state index in [1.165, 1.54) is 0 Å². The van der Waals surface area contributed by atoms with Gasteiger partial charge in [-0.25, -0.2) is 13.1 Å². The fraction of sp³-hybridized carbons (Fsp3) is 0.409. The fourth-order valence-corrected chi connectivity index (χ4v) is 4.81. The highest BCUT2D eigenvalue weighted by atomic mass is 32.2. The lowest BCUT2D eigenvalue weighted by atomic mass is 10.1. The zero-order chi connectivity index (χ0) is 19.8. The van der Waals surface area contributed by atoms with Crippen molar-refractivity contribution in [3.8, 4) is 0 Å². The van der Waals surface area contributed by atoms with Crippen LogP contribution in [0.3, 0.4) is 0 Å². The number of carbonyl (C=O) groups is 1. The molecule has 0 atom stereocenters. The quantitative estimate of drug-likeness (QED) is 0.679. The highest BCUT2D eigenvalue weighted by molar-refractivity contribution is 7.89. The van der Waals surface area contributed by atoms with Crippen LogP contribution in [0.5, 0.6) is 0 Å². The van der Waals surface area contributed by atoms with Crippen molar-refractivity contribution >= 4 is 15.9 Å². The summed E-state index contributed by atoms with van der Waals surface area (Å²) >= 11 is 0. The summed E-state index contributed by atoms with van der Waals surface area (Å²) in [6.07, 6.45) is 5.88. The molecular formula is C22H28N2O3S. The van der Waals surface area contributed by atoms with E-state index >= 15 is 0 Å². The second-order valence-corrected chi connectivity index (χ2v) is 9.05. The van der Waals surface area contributed by atoms with E-state index in [2.05, 4.69) is 10.0 Å². The number of amides is 1. The minimum atomic E-state index is -3.45. The Hall–Kier alpha value is -2.18. The number of hydrogen-bond acceptors (Lipinski definition) is 3. The number of carbonyl (C=O) groups excluding carboxylic acids is 1. The average Bonchev–Trinajstić information content (AvgIpc) is 3.20. The summed E-state index contributed by atoms with van der Waals surface area (Å²) in [5, 5.41) is 2.92. The number of sulfonamides is 1. The van der Waals surface area contributed by atoms with Crippen LogP contribution in [0.4, 0.5) is 0 Å². The Bertz CT molecular complexity index is 858. The van der Waals surface area contributed by atoms with Crippen LogP contribution in [0, 0.1) is 0 Å². The summed E-state index contributed by atoms with van der Waals surface area (Å²) in [7, 11) is -3.45. The summed E-state index contributed by atoms with van der Waals surface area (Å²) in [6.45, 7) is 0.542. The third kappa shape index (κ3) is 6.17. The molecule has 0 spiro atoms. The van der Waals surface area contributed by atoms with E-state index in [4.69, 9.17) is 0 Å². The molecule has 5 nitrogen and oxygen atoms in total. The van der Waals surface area contributed by atoms with Crippen LogP contribution in [0.2, 0.25) is 0 Å². The van der Waals surface area contributed by atoms with E-state index in [0.717, 1.165) is 43.2 Å². The van der Waals surface area contributed by atoms with Crippen molar-refractivity contribution in [3.63, 3.8) is 0 Å². The number of hydrogen-bond donors (Lipinski definition) is 2. The molecule has 0 radical (unpaired) electrons. The van der Waals surface area contributed by atoms with Crippen molar-refractivity contribution in [2.75, 3.05) is 6.54 Å². The Kier molecular flexibility index (Phi) is 7.23. The van der Waals surface area contributed by atoms with E-state index in [0.29, 0.717) is 24.3 Å². The molecule has 28 heavy (non-hydrogen) atoms. The Morgan fingerprint density at radius 3 is 2.21 bits per heavy atom. The number of aryl methyl sites for hydroxylation is 1. The molecule has 1 aliphatic rings. The first-order valence-corrected chi connectivity index (χ1v) is 11.4. The molecule has 0 aromatic heterocycles. The number of rotatable bonds is 9. The lowest BCUT2D eigenvalue weighted by molar-refractivity contribution is -0.121. The second kappa shape index (κ2) is 9.85. The number of benzene rings is 2. The van der Waals surface area contributed by atoms with Crippen LogP contribution in [0.15, 0.2) is 59.5 Å². The van der Waals surface area contributed by atoms with Gasteiger partial charge >= 0.3 is 0 Å². The largest absolute Gasteiger partial charge is 0.356 e. The van der Waals surface area contributed by atoms with Crippen molar-refractivity contribution in [3.05, 3.63) is 65.7 Å². The van der Waals surface area contributed by atoms with E-state index in [9.17, 15) is 13.2 Å². The zero-order valence-electron chi connectivity index (χ0n) is 16.1. The molecule has 0 aliphatic heterocycles. The second-order valence-electron chi connectivity index (χ2n) is 7.33. The molecule has 0 unspecified atom stereocenters. The van der Waals surface area contributed by atoms with Crippen molar-refractivity contribution < 1.29 is 13.2 Å². The van der Waals surface area contributed by atoms with Crippen LogP contribution < -0.4 is 10.0 Å². The zero-order valence-corrected chi connectivity index (χ0v) is 16.9. The van der Waals surface area contributed by atoms with Crippen LogP contribution in [0.25, 0.3) is 0 Å². The number of nitrogens with one attached hydrogen (secondary N) is 2. The highest BCUT2D eigenvalue weighted by Crippen LogP contribution is 2.20. The summed E-state index contributed by atoms with van der Waals surface area (Å²) < 4.78 is 27.6.